The van der Waals surface area contributed by atoms with Gasteiger partial charge in [-0.2, -0.15) is 0 Å². The Balaban J connectivity index is 2.33. The first kappa shape index (κ1) is 14.5. The molecule has 0 aliphatic carbocycles. The van der Waals surface area contributed by atoms with Crippen molar-refractivity contribution in [2.45, 2.75) is 26.3 Å². The van der Waals surface area contributed by atoms with Crippen LogP contribution >= 0.6 is 0 Å². The molecule has 4 heteroatoms. The highest BCUT2D eigenvalue weighted by atomic mass is 16.5. The predicted molar refractivity (Wildman–Crippen MR) is 70.3 cm³/mol. The van der Waals surface area contributed by atoms with Gasteiger partial charge in [0.1, 0.15) is 5.75 Å². The third-order valence-electron chi connectivity index (χ3n) is 2.67. The summed E-state index contributed by atoms with van der Waals surface area (Å²) in [6.45, 7) is 3.83. The highest BCUT2D eigenvalue weighted by Gasteiger charge is 2.08. The minimum Gasteiger partial charge on any atom is -0.508 e. The summed E-state index contributed by atoms with van der Waals surface area (Å²) >= 11 is 0. The maximum Gasteiger partial charge on any atom is 0.222 e. The van der Waals surface area contributed by atoms with E-state index >= 15 is 0 Å². The Morgan fingerprint density at radius 2 is 2.00 bits per heavy atom. The van der Waals surface area contributed by atoms with Crippen molar-refractivity contribution < 1.29 is 14.6 Å². The first-order valence-electron chi connectivity index (χ1n) is 6.23. The van der Waals surface area contributed by atoms with E-state index in [4.69, 9.17) is 4.74 Å². The minimum absolute atomic E-state index is 0.114. The van der Waals surface area contributed by atoms with Crippen molar-refractivity contribution in [1.82, 2.24) is 4.90 Å². The Labute approximate surface area is 108 Å². The van der Waals surface area contributed by atoms with E-state index in [0.29, 0.717) is 26.2 Å². The number of rotatable bonds is 7. The van der Waals surface area contributed by atoms with Crippen LogP contribution < -0.4 is 0 Å². The molecule has 4 nitrogen and oxygen atoms in total. The first-order valence-corrected chi connectivity index (χ1v) is 6.23. The number of carbonyl (C=O) groups excluding carboxylic acids is 1. The largest absolute Gasteiger partial charge is 0.508 e. The zero-order valence-corrected chi connectivity index (χ0v) is 11.1. The standard InChI is InChI=1S/C14H21NO3/c1-3-18-10-4-5-14(17)15(2)11-12-6-8-13(16)9-7-12/h6-9,16H,3-5,10-11H2,1-2H3. The predicted octanol–water partition coefficient (Wildman–Crippen LogP) is 2.17. The summed E-state index contributed by atoms with van der Waals surface area (Å²) in [6, 6.07) is 6.89. The van der Waals surface area contributed by atoms with Gasteiger partial charge in [-0.3, -0.25) is 4.79 Å². The fourth-order valence-electron chi connectivity index (χ4n) is 1.62. The molecule has 18 heavy (non-hydrogen) atoms. The topological polar surface area (TPSA) is 49.8 Å². The van der Waals surface area contributed by atoms with Crippen LogP contribution in [0.2, 0.25) is 0 Å². The highest BCUT2D eigenvalue weighted by Crippen LogP contribution is 2.11. The molecule has 1 aromatic carbocycles. The van der Waals surface area contributed by atoms with Crippen molar-refractivity contribution in [3.8, 4) is 5.75 Å². The number of phenols is 1. The van der Waals surface area contributed by atoms with Gasteiger partial charge in [0.15, 0.2) is 0 Å². The van der Waals surface area contributed by atoms with Crippen molar-refractivity contribution in [2.75, 3.05) is 20.3 Å². The summed E-state index contributed by atoms with van der Waals surface area (Å²) in [5, 5.41) is 9.17. The quantitative estimate of drug-likeness (QED) is 0.756. The van der Waals surface area contributed by atoms with Crippen LogP contribution in [0.1, 0.15) is 25.3 Å². The average Bonchev–Trinajstić information content (AvgIpc) is 2.37. The number of phenolic OH excluding ortho intramolecular Hbond substituents is 1. The molecule has 1 N–H and O–H groups in total. The number of amides is 1. The van der Waals surface area contributed by atoms with Gasteiger partial charge in [-0.1, -0.05) is 12.1 Å². The summed E-state index contributed by atoms with van der Waals surface area (Å²) in [6.07, 6.45) is 1.27. The summed E-state index contributed by atoms with van der Waals surface area (Å²) in [7, 11) is 1.79. The van der Waals surface area contributed by atoms with Crippen LogP contribution in [-0.2, 0) is 16.1 Å². The van der Waals surface area contributed by atoms with Crippen LogP contribution in [0.4, 0.5) is 0 Å². The number of aromatic hydroxyl groups is 1. The minimum atomic E-state index is 0.114. The molecule has 0 radical (unpaired) electrons. The van der Waals surface area contributed by atoms with E-state index in [0.717, 1.165) is 12.0 Å². The molecule has 0 aliphatic heterocycles. The van der Waals surface area contributed by atoms with E-state index in [1.54, 1.807) is 24.1 Å². The number of carbonyl (C=O) groups is 1. The molecule has 0 saturated heterocycles. The maximum absolute atomic E-state index is 11.8. The van der Waals surface area contributed by atoms with Crippen molar-refractivity contribution in [3.05, 3.63) is 29.8 Å². The normalized spacial score (nSPS) is 10.3. The molecule has 0 aliphatic rings. The number of ether oxygens (including phenoxy) is 1. The molecule has 0 bridgehead atoms. The summed E-state index contributed by atoms with van der Waals surface area (Å²) in [5.41, 5.74) is 1.01. The van der Waals surface area contributed by atoms with Gasteiger partial charge in [-0.05, 0) is 31.0 Å². The van der Waals surface area contributed by atoms with Crippen molar-refractivity contribution in [1.29, 1.82) is 0 Å². The lowest BCUT2D eigenvalue weighted by atomic mass is 10.2. The number of benzene rings is 1. The molecule has 0 atom stereocenters. The second-order valence-electron chi connectivity index (χ2n) is 4.22. The molecule has 1 rings (SSSR count). The Bertz CT molecular complexity index is 362. The monoisotopic (exact) mass is 251 g/mol. The van der Waals surface area contributed by atoms with Crippen molar-refractivity contribution in [3.63, 3.8) is 0 Å². The van der Waals surface area contributed by atoms with E-state index in [1.165, 1.54) is 0 Å². The summed E-state index contributed by atoms with van der Waals surface area (Å²) in [5.74, 6) is 0.354. The van der Waals surface area contributed by atoms with Crippen LogP contribution in [0.25, 0.3) is 0 Å². The van der Waals surface area contributed by atoms with Crippen molar-refractivity contribution >= 4 is 5.91 Å². The molecule has 1 aromatic rings. The van der Waals surface area contributed by atoms with E-state index in [2.05, 4.69) is 0 Å². The zero-order valence-electron chi connectivity index (χ0n) is 11.1. The second-order valence-corrected chi connectivity index (χ2v) is 4.22. The van der Waals surface area contributed by atoms with Gasteiger partial charge in [-0.15, -0.1) is 0 Å². The van der Waals surface area contributed by atoms with E-state index in [-0.39, 0.29) is 11.7 Å². The van der Waals surface area contributed by atoms with E-state index in [1.807, 2.05) is 19.1 Å². The molecule has 0 saturated carbocycles. The molecular weight excluding hydrogens is 230 g/mol. The molecule has 0 aromatic heterocycles. The maximum atomic E-state index is 11.8. The zero-order chi connectivity index (χ0) is 13.4. The molecular formula is C14H21NO3. The van der Waals surface area contributed by atoms with Crippen LogP contribution in [0, 0.1) is 0 Å². The van der Waals surface area contributed by atoms with Gasteiger partial charge in [0.2, 0.25) is 5.91 Å². The molecule has 100 valence electrons. The van der Waals surface area contributed by atoms with Gasteiger partial charge >= 0.3 is 0 Å². The Hall–Kier alpha value is -1.55. The molecule has 0 fully saturated rings. The third kappa shape index (κ3) is 5.19. The molecule has 0 spiro atoms. The Kier molecular flexibility index (Phi) is 6.22. The van der Waals surface area contributed by atoms with Crippen LogP contribution in [-0.4, -0.2) is 36.2 Å². The van der Waals surface area contributed by atoms with Crippen molar-refractivity contribution in [2.24, 2.45) is 0 Å². The molecule has 1 amide bonds. The van der Waals surface area contributed by atoms with Gasteiger partial charge < -0.3 is 14.7 Å². The van der Waals surface area contributed by atoms with E-state index < -0.39 is 0 Å². The number of nitrogens with zero attached hydrogens (tertiary/aromatic N) is 1. The fraction of sp³-hybridized carbons (Fsp3) is 0.500. The number of hydrogen-bond donors (Lipinski definition) is 1. The lowest BCUT2D eigenvalue weighted by Crippen LogP contribution is -2.26. The lowest BCUT2D eigenvalue weighted by molar-refractivity contribution is -0.130. The SMILES string of the molecule is CCOCCCC(=O)N(C)Cc1ccc(O)cc1. The molecule has 0 unspecified atom stereocenters. The Morgan fingerprint density at radius 1 is 1.33 bits per heavy atom. The van der Waals surface area contributed by atoms with E-state index in [9.17, 15) is 9.90 Å². The van der Waals surface area contributed by atoms with Gasteiger partial charge in [-0.25, -0.2) is 0 Å². The van der Waals surface area contributed by atoms with Gasteiger partial charge in [0.25, 0.3) is 0 Å². The smallest absolute Gasteiger partial charge is 0.222 e. The van der Waals surface area contributed by atoms with Crippen LogP contribution in [0.5, 0.6) is 5.75 Å². The number of hydrogen-bond acceptors (Lipinski definition) is 3. The first-order chi connectivity index (χ1) is 8.63. The Morgan fingerprint density at radius 3 is 2.61 bits per heavy atom. The third-order valence-corrected chi connectivity index (χ3v) is 2.67. The van der Waals surface area contributed by atoms with Crippen LogP contribution in [0.3, 0.4) is 0 Å². The molecule has 0 heterocycles. The summed E-state index contributed by atoms with van der Waals surface area (Å²) in [4.78, 5) is 13.5. The van der Waals surface area contributed by atoms with Gasteiger partial charge in [0.05, 0.1) is 0 Å². The lowest BCUT2D eigenvalue weighted by Gasteiger charge is -2.17. The fourth-order valence-corrected chi connectivity index (χ4v) is 1.62. The second kappa shape index (κ2) is 7.71. The highest BCUT2D eigenvalue weighted by molar-refractivity contribution is 5.75. The van der Waals surface area contributed by atoms with Gasteiger partial charge in [0, 0.05) is 33.2 Å². The average molecular weight is 251 g/mol. The summed E-state index contributed by atoms with van der Waals surface area (Å²) < 4.78 is 5.20. The van der Waals surface area contributed by atoms with Crippen LogP contribution in [0.15, 0.2) is 24.3 Å².